The van der Waals surface area contributed by atoms with Crippen molar-refractivity contribution in [2.24, 2.45) is 10.9 Å². The summed E-state index contributed by atoms with van der Waals surface area (Å²) in [5.41, 5.74) is 1.18. The molecule has 2 heterocycles. The maximum absolute atomic E-state index is 11.9. The van der Waals surface area contributed by atoms with Crippen molar-refractivity contribution in [3.8, 4) is 11.5 Å². The zero-order chi connectivity index (χ0) is 19.1. The molecule has 1 saturated heterocycles. The Hall–Kier alpha value is -1.71. The van der Waals surface area contributed by atoms with Gasteiger partial charge in [-0.15, -0.1) is 24.0 Å². The molecule has 7 nitrogen and oxygen atoms in total. The third-order valence-corrected chi connectivity index (χ3v) is 4.85. The van der Waals surface area contributed by atoms with Crippen LogP contribution in [0.25, 0.3) is 0 Å². The smallest absolute Gasteiger partial charge is 0.309 e. The van der Waals surface area contributed by atoms with Gasteiger partial charge in [0.15, 0.2) is 17.5 Å². The van der Waals surface area contributed by atoms with Gasteiger partial charge in [0, 0.05) is 26.2 Å². The zero-order valence-corrected chi connectivity index (χ0v) is 18.9. The molecule has 156 valence electrons. The van der Waals surface area contributed by atoms with Crippen molar-refractivity contribution in [1.29, 1.82) is 0 Å². The molecule has 2 aliphatic heterocycles. The molecule has 0 unspecified atom stereocenters. The number of nitrogens with one attached hydrogen (secondary N) is 1. The Morgan fingerprint density at radius 3 is 2.71 bits per heavy atom. The van der Waals surface area contributed by atoms with Crippen molar-refractivity contribution in [3.63, 3.8) is 0 Å². The molecule has 0 amide bonds. The van der Waals surface area contributed by atoms with Crippen molar-refractivity contribution in [3.05, 3.63) is 23.8 Å². The van der Waals surface area contributed by atoms with Crippen LogP contribution in [0, 0.1) is 5.92 Å². The van der Waals surface area contributed by atoms with Crippen molar-refractivity contribution in [2.45, 2.75) is 33.1 Å². The molecule has 0 bridgehead atoms. The van der Waals surface area contributed by atoms with E-state index in [2.05, 4.69) is 23.2 Å². The number of piperidine rings is 1. The highest BCUT2D eigenvalue weighted by atomic mass is 127. The average molecular weight is 503 g/mol. The Balaban J connectivity index is 0.00000280. The Morgan fingerprint density at radius 1 is 1.25 bits per heavy atom. The van der Waals surface area contributed by atoms with Crippen LogP contribution in [-0.2, 0) is 16.0 Å². The maximum Gasteiger partial charge on any atom is 0.309 e. The number of halogens is 1. The second kappa shape index (κ2) is 11.3. The largest absolute Gasteiger partial charge is 0.466 e. The van der Waals surface area contributed by atoms with Gasteiger partial charge in [-0.1, -0.05) is 6.07 Å². The number of ether oxygens (including phenoxy) is 3. The number of likely N-dealkylation sites (tertiary alicyclic amines) is 1. The second-order valence-corrected chi connectivity index (χ2v) is 6.69. The summed E-state index contributed by atoms with van der Waals surface area (Å²) in [6.45, 7) is 7.81. The molecule has 0 saturated carbocycles. The van der Waals surface area contributed by atoms with Gasteiger partial charge in [0.05, 0.1) is 12.5 Å². The fourth-order valence-corrected chi connectivity index (χ4v) is 3.40. The number of rotatable bonds is 6. The van der Waals surface area contributed by atoms with E-state index in [1.165, 1.54) is 5.56 Å². The highest BCUT2D eigenvalue weighted by Gasteiger charge is 2.27. The number of fused-ring (bicyclic) bond motifs is 1. The number of aliphatic imine (C=N–C) groups is 1. The van der Waals surface area contributed by atoms with Crippen LogP contribution in [0.5, 0.6) is 11.5 Å². The maximum atomic E-state index is 11.9. The van der Waals surface area contributed by atoms with Gasteiger partial charge in [0.1, 0.15) is 0 Å². The topological polar surface area (TPSA) is 72.4 Å². The second-order valence-electron chi connectivity index (χ2n) is 6.69. The summed E-state index contributed by atoms with van der Waals surface area (Å²) in [5.74, 6) is 2.48. The predicted octanol–water partition coefficient (Wildman–Crippen LogP) is 2.82. The lowest BCUT2D eigenvalue weighted by molar-refractivity contribution is -0.149. The van der Waals surface area contributed by atoms with E-state index < -0.39 is 0 Å². The normalized spacial score (nSPS) is 16.5. The number of hydrogen-bond acceptors (Lipinski definition) is 5. The highest BCUT2D eigenvalue weighted by Crippen LogP contribution is 2.32. The van der Waals surface area contributed by atoms with E-state index in [0.29, 0.717) is 19.9 Å². The molecule has 2 aliphatic rings. The van der Waals surface area contributed by atoms with E-state index in [4.69, 9.17) is 19.2 Å². The van der Waals surface area contributed by atoms with Crippen molar-refractivity contribution >= 4 is 35.9 Å². The SMILES string of the molecule is CCNC(=NCCc1ccc2c(c1)OCO2)N1CCC(C(=O)OCC)CC1.I. The average Bonchev–Trinajstić information content (AvgIpc) is 3.15. The van der Waals surface area contributed by atoms with Crippen LogP contribution in [0.4, 0.5) is 0 Å². The van der Waals surface area contributed by atoms with Crippen LogP contribution in [0.2, 0.25) is 0 Å². The van der Waals surface area contributed by atoms with Gasteiger partial charge in [-0.2, -0.15) is 0 Å². The molecule has 28 heavy (non-hydrogen) atoms. The Labute approximate surface area is 183 Å². The summed E-state index contributed by atoms with van der Waals surface area (Å²) in [6, 6.07) is 6.03. The number of hydrogen-bond donors (Lipinski definition) is 1. The molecule has 0 radical (unpaired) electrons. The summed E-state index contributed by atoms with van der Waals surface area (Å²) < 4.78 is 15.9. The predicted molar refractivity (Wildman–Crippen MR) is 119 cm³/mol. The van der Waals surface area contributed by atoms with E-state index in [0.717, 1.165) is 56.4 Å². The molecule has 1 N–H and O–H groups in total. The van der Waals surface area contributed by atoms with Gasteiger partial charge < -0.3 is 24.4 Å². The van der Waals surface area contributed by atoms with E-state index in [9.17, 15) is 4.79 Å². The molecule has 1 aromatic carbocycles. The van der Waals surface area contributed by atoms with Gasteiger partial charge in [-0.25, -0.2) is 0 Å². The van der Waals surface area contributed by atoms with Gasteiger partial charge in [0.25, 0.3) is 0 Å². The zero-order valence-electron chi connectivity index (χ0n) is 16.6. The van der Waals surface area contributed by atoms with Gasteiger partial charge in [-0.3, -0.25) is 9.79 Å². The molecular weight excluding hydrogens is 473 g/mol. The fourth-order valence-electron chi connectivity index (χ4n) is 3.40. The van der Waals surface area contributed by atoms with Crippen LogP contribution in [0.1, 0.15) is 32.3 Å². The summed E-state index contributed by atoms with van der Waals surface area (Å²) in [6.07, 6.45) is 2.46. The van der Waals surface area contributed by atoms with E-state index in [1.54, 1.807) is 0 Å². The van der Waals surface area contributed by atoms with Crippen molar-refractivity contribution < 1.29 is 19.0 Å². The minimum absolute atomic E-state index is 0. The summed E-state index contributed by atoms with van der Waals surface area (Å²) in [7, 11) is 0. The molecule has 1 aromatic rings. The molecule has 0 spiro atoms. The lowest BCUT2D eigenvalue weighted by atomic mass is 9.97. The van der Waals surface area contributed by atoms with Crippen LogP contribution in [0.3, 0.4) is 0 Å². The first-order chi connectivity index (χ1) is 13.2. The van der Waals surface area contributed by atoms with Crippen molar-refractivity contribution in [1.82, 2.24) is 10.2 Å². The first-order valence-corrected chi connectivity index (χ1v) is 9.79. The third-order valence-electron chi connectivity index (χ3n) is 4.85. The molecule has 1 fully saturated rings. The monoisotopic (exact) mass is 503 g/mol. The Bertz CT molecular complexity index is 675. The van der Waals surface area contributed by atoms with Crippen LogP contribution >= 0.6 is 24.0 Å². The number of benzene rings is 1. The van der Waals surface area contributed by atoms with E-state index >= 15 is 0 Å². The Morgan fingerprint density at radius 2 is 2.00 bits per heavy atom. The first kappa shape index (κ1) is 22.6. The van der Waals surface area contributed by atoms with Gasteiger partial charge in [0.2, 0.25) is 6.79 Å². The number of esters is 1. The molecule has 0 aliphatic carbocycles. The minimum Gasteiger partial charge on any atom is -0.466 e. The van der Waals surface area contributed by atoms with Crippen LogP contribution < -0.4 is 14.8 Å². The molecule has 3 rings (SSSR count). The van der Waals surface area contributed by atoms with Crippen LogP contribution in [-0.4, -0.2) is 56.4 Å². The lowest BCUT2D eigenvalue weighted by Crippen LogP contribution is -2.46. The molecule has 0 aromatic heterocycles. The number of carbonyl (C=O) groups excluding carboxylic acids is 1. The number of guanidine groups is 1. The fraction of sp³-hybridized carbons (Fsp3) is 0.600. The number of carbonyl (C=O) groups is 1. The van der Waals surface area contributed by atoms with Crippen LogP contribution in [0.15, 0.2) is 23.2 Å². The summed E-state index contributed by atoms with van der Waals surface area (Å²) in [5, 5.41) is 3.36. The number of nitrogens with zero attached hydrogens (tertiary/aromatic N) is 2. The lowest BCUT2D eigenvalue weighted by Gasteiger charge is -2.33. The summed E-state index contributed by atoms with van der Waals surface area (Å²) >= 11 is 0. The quantitative estimate of drug-likeness (QED) is 0.279. The standard InChI is InChI=1S/C20H29N3O4.HI/c1-3-21-20(23-11-8-16(9-12-23)19(24)25-4-2)22-10-7-15-5-6-17-18(13-15)27-14-26-17;/h5-6,13,16H,3-4,7-12,14H2,1-2H3,(H,21,22);1H. The first-order valence-electron chi connectivity index (χ1n) is 9.79. The highest BCUT2D eigenvalue weighted by molar-refractivity contribution is 14.0. The van der Waals surface area contributed by atoms with E-state index in [1.807, 2.05) is 19.1 Å². The molecule has 8 heteroatoms. The Kier molecular flexibility index (Phi) is 9.14. The van der Waals surface area contributed by atoms with Crippen molar-refractivity contribution in [2.75, 3.05) is 39.6 Å². The minimum atomic E-state index is -0.0677. The van der Waals surface area contributed by atoms with Gasteiger partial charge >= 0.3 is 5.97 Å². The molecular formula is C20H30IN3O4. The molecule has 0 atom stereocenters. The van der Waals surface area contributed by atoms with E-state index in [-0.39, 0.29) is 35.9 Å². The summed E-state index contributed by atoms with van der Waals surface area (Å²) in [4.78, 5) is 18.9. The van der Waals surface area contributed by atoms with Gasteiger partial charge in [-0.05, 0) is 50.8 Å². The third kappa shape index (κ3) is 5.89.